The molecule has 0 aromatic heterocycles. The summed E-state index contributed by atoms with van der Waals surface area (Å²) in [6, 6.07) is 11.9. The molecule has 3 aromatic rings. The summed E-state index contributed by atoms with van der Waals surface area (Å²) in [5, 5.41) is 19.1. The Hall–Kier alpha value is -2.86. The van der Waals surface area contributed by atoms with Gasteiger partial charge in [-0.25, -0.2) is 13.2 Å². The van der Waals surface area contributed by atoms with E-state index in [1.807, 2.05) is 6.92 Å². The first-order chi connectivity index (χ1) is 14.3. The quantitative estimate of drug-likeness (QED) is 0.446. The summed E-state index contributed by atoms with van der Waals surface area (Å²) >= 11 is 0. The average molecular weight is 418 g/mol. The van der Waals surface area contributed by atoms with Crippen molar-refractivity contribution in [1.29, 1.82) is 0 Å². The van der Waals surface area contributed by atoms with E-state index in [1.165, 1.54) is 18.2 Å². The van der Waals surface area contributed by atoms with Gasteiger partial charge in [-0.15, -0.1) is 0 Å². The van der Waals surface area contributed by atoms with Crippen LogP contribution >= 0.6 is 0 Å². The smallest absolute Gasteiger partial charge is 0.200 e. The van der Waals surface area contributed by atoms with Crippen LogP contribution in [0.5, 0.6) is 5.75 Å². The number of rotatable bonds is 7. The van der Waals surface area contributed by atoms with Crippen LogP contribution in [0.15, 0.2) is 48.5 Å². The monoisotopic (exact) mass is 418 g/mol. The minimum Gasteiger partial charge on any atom is -0.505 e. The highest BCUT2D eigenvalue weighted by Crippen LogP contribution is 2.30. The summed E-state index contributed by atoms with van der Waals surface area (Å²) in [4.78, 5) is 0. The van der Waals surface area contributed by atoms with Gasteiger partial charge in [-0.1, -0.05) is 49.7 Å². The Morgan fingerprint density at radius 3 is 2.13 bits per heavy atom. The van der Waals surface area contributed by atoms with Gasteiger partial charge in [0.15, 0.2) is 23.2 Å². The van der Waals surface area contributed by atoms with E-state index < -0.39 is 35.1 Å². The molecule has 1 unspecified atom stereocenters. The van der Waals surface area contributed by atoms with E-state index in [2.05, 4.69) is 0 Å². The van der Waals surface area contributed by atoms with Crippen molar-refractivity contribution in [2.45, 2.75) is 38.7 Å². The summed E-state index contributed by atoms with van der Waals surface area (Å²) in [5.74, 6) is -5.17. The van der Waals surface area contributed by atoms with Crippen LogP contribution in [0.3, 0.4) is 0 Å². The minimum absolute atomic E-state index is 0.0196. The third-order valence-corrected chi connectivity index (χ3v) is 5.12. The Morgan fingerprint density at radius 2 is 1.47 bits per heavy atom. The van der Waals surface area contributed by atoms with Gasteiger partial charge in [0.05, 0.1) is 6.10 Å². The van der Waals surface area contributed by atoms with E-state index in [1.54, 1.807) is 24.3 Å². The topological polar surface area (TPSA) is 40.5 Å². The number of aromatic hydroxyl groups is 1. The second kappa shape index (κ2) is 9.30. The molecule has 30 heavy (non-hydrogen) atoms. The molecule has 0 fully saturated rings. The number of aliphatic hydroxyl groups excluding tert-OH is 1. The molecule has 0 heterocycles. The Kier molecular flexibility index (Phi) is 6.77. The van der Waals surface area contributed by atoms with E-state index in [4.69, 9.17) is 0 Å². The van der Waals surface area contributed by atoms with Gasteiger partial charge < -0.3 is 10.2 Å². The Balaban J connectivity index is 1.73. The zero-order valence-electron chi connectivity index (χ0n) is 16.4. The van der Waals surface area contributed by atoms with Crippen LogP contribution in [-0.4, -0.2) is 10.2 Å². The van der Waals surface area contributed by atoms with Crippen LogP contribution in [0.4, 0.5) is 17.6 Å². The number of benzene rings is 3. The molecule has 0 aliphatic heterocycles. The summed E-state index contributed by atoms with van der Waals surface area (Å²) in [5.41, 5.74) is 1.43. The zero-order valence-corrected chi connectivity index (χ0v) is 16.4. The highest BCUT2D eigenvalue weighted by atomic mass is 19.2. The van der Waals surface area contributed by atoms with Gasteiger partial charge in [-0.2, -0.15) is 4.39 Å². The molecule has 0 amide bonds. The SMILES string of the molecule is CCCC(O)c1ccc(CCc2ccc(-c3ccc(O)c(F)c3F)cc2)c(F)c1F. The predicted octanol–water partition coefficient (Wildman–Crippen LogP) is 6.23. The van der Waals surface area contributed by atoms with Crippen molar-refractivity contribution in [2.75, 3.05) is 0 Å². The molecule has 6 heteroatoms. The molecular formula is C24H22F4O2. The fraction of sp³-hybridized carbons (Fsp3) is 0.250. The fourth-order valence-corrected chi connectivity index (χ4v) is 3.38. The summed E-state index contributed by atoms with van der Waals surface area (Å²) < 4.78 is 56.2. The van der Waals surface area contributed by atoms with Gasteiger partial charge in [-0.3, -0.25) is 0 Å². The van der Waals surface area contributed by atoms with E-state index >= 15 is 0 Å². The predicted molar refractivity (Wildman–Crippen MR) is 107 cm³/mol. The number of phenolic OH excluding ortho intramolecular Hbond substituents is 1. The summed E-state index contributed by atoms with van der Waals surface area (Å²) in [7, 11) is 0. The number of phenols is 1. The molecule has 3 rings (SSSR count). The number of hydrogen-bond acceptors (Lipinski definition) is 2. The Labute approximate surface area is 172 Å². The van der Waals surface area contributed by atoms with Crippen LogP contribution in [0.1, 0.15) is 42.6 Å². The lowest BCUT2D eigenvalue weighted by molar-refractivity contribution is 0.160. The highest BCUT2D eigenvalue weighted by Gasteiger charge is 2.18. The second-order valence-electron chi connectivity index (χ2n) is 7.20. The largest absolute Gasteiger partial charge is 0.505 e. The van der Waals surface area contributed by atoms with E-state index in [0.29, 0.717) is 24.8 Å². The molecule has 0 aliphatic rings. The lowest BCUT2D eigenvalue weighted by Gasteiger charge is -2.13. The molecule has 1 atom stereocenters. The maximum atomic E-state index is 14.4. The van der Waals surface area contributed by atoms with Crippen LogP contribution < -0.4 is 0 Å². The van der Waals surface area contributed by atoms with Crippen LogP contribution in [0.2, 0.25) is 0 Å². The summed E-state index contributed by atoms with van der Waals surface area (Å²) in [6.45, 7) is 1.85. The third kappa shape index (κ3) is 4.49. The van der Waals surface area contributed by atoms with Crippen molar-refractivity contribution in [1.82, 2.24) is 0 Å². The van der Waals surface area contributed by atoms with Gasteiger partial charge in [0.25, 0.3) is 0 Å². The average Bonchev–Trinajstić information content (AvgIpc) is 2.74. The van der Waals surface area contributed by atoms with Crippen molar-refractivity contribution >= 4 is 0 Å². The second-order valence-corrected chi connectivity index (χ2v) is 7.20. The zero-order chi connectivity index (χ0) is 21.8. The first kappa shape index (κ1) is 21.8. The maximum Gasteiger partial charge on any atom is 0.200 e. The van der Waals surface area contributed by atoms with Crippen molar-refractivity contribution in [2.24, 2.45) is 0 Å². The van der Waals surface area contributed by atoms with E-state index in [9.17, 15) is 27.8 Å². The lowest BCUT2D eigenvalue weighted by Crippen LogP contribution is -2.06. The van der Waals surface area contributed by atoms with Gasteiger partial charge in [0.1, 0.15) is 0 Å². The molecule has 0 saturated carbocycles. The molecule has 2 nitrogen and oxygen atoms in total. The first-order valence-electron chi connectivity index (χ1n) is 9.74. The third-order valence-electron chi connectivity index (χ3n) is 5.12. The molecular weight excluding hydrogens is 396 g/mol. The van der Waals surface area contributed by atoms with Crippen LogP contribution in [0, 0.1) is 23.3 Å². The van der Waals surface area contributed by atoms with E-state index in [-0.39, 0.29) is 23.1 Å². The number of hydrogen-bond donors (Lipinski definition) is 2. The van der Waals surface area contributed by atoms with Crippen molar-refractivity contribution in [3.8, 4) is 16.9 Å². The molecule has 0 saturated heterocycles. The highest BCUT2D eigenvalue weighted by molar-refractivity contribution is 5.65. The first-order valence-corrected chi connectivity index (χ1v) is 9.74. The number of aryl methyl sites for hydroxylation is 2. The van der Waals surface area contributed by atoms with E-state index in [0.717, 1.165) is 11.6 Å². The minimum atomic E-state index is -1.30. The molecule has 3 aromatic carbocycles. The number of halogens is 4. The van der Waals surface area contributed by atoms with Gasteiger partial charge in [0.2, 0.25) is 5.82 Å². The molecule has 0 bridgehead atoms. The molecule has 0 spiro atoms. The maximum absolute atomic E-state index is 14.4. The normalized spacial score (nSPS) is 12.2. The summed E-state index contributed by atoms with van der Waals surface area (Å²) in [6.07, 6.45) is 0.638. The number of aliphatic hydroxyl groups is 1. The standard InChI is InChI=1S/C24H22F4O2/c1-2-3-19(29)18-11-10-16(21(25)23(18)27)9-6-14-4-7-15(8-5-14)17-12-13-20(30)24(28)22(17)26/h4-5,7-8,10-13,19,29-30H,2-3,6,9H2,1H3. The van der Waals surface area contributed by atoms with Crippen molar-refractivity contribution < 1.29 is 27.8 Å². The molecule has 158 valence electrons. The lowest BCUT2D eigenvalue weighted by atomic mass is 9.97. The van der Waals surface area contributed by atoms with Crippen LogP contribution in [-0.2, 0) is 12.8 Å². The van der Waals surface area contributed by atoms with Crippen molar-refractivity contribution in [3.63, 3.8) is 0 Å². The Bertz CT molecular complexity index is 1030. The molecule has 0 aliphatic carbocycles. The van der Waals surface area contributed by atoms with Crippen LogP contribution in [0.25, 0.3) is 11.1 Å². The van der Waals surface area contributed by atoms with Gasteiger partial charge in [0, 0.05) is 11.1 Å². The van der Waals surface area contributed by atoms with Gasteiger partial charge in [-0.05, 0) is 48.1 Å². The van der Waals surface area contributed by atoms with Crippen molar-refractivity contribution in [3.05, 3.63) is 88.5 Å². The fourth-order valence-electron chi connectivity index (χ4n) is 3.38. The molecule has 2 N–H and O–H groups in total. The Morgan fingerprint density at radius 1 is 0.767 bits per heavy atom. The van der Waals surface area contributed by atoms with Gasteiger partial charge >= 0.3 is 0 Å². The molecule has 0 radical (unpaired) electrons.